The molecule has 0 radical (unpaired) electrons. The minimum Gasteiger partial charge on any atom is -0.487 e. The number of carbonyl (C=O) groups is 1. The van der Waals surface area contributed by atoms with E-state index in [0.717, 1.165) is 0 Å². The number of carboxylic acid groups (broad SMARTS) is 1. The average molecular weight is 245 g/mol. The summed E-state index contributed by atoms with van der Waals surface area (Å²) in [6.45, 7) is 3.22. The normalized spacial score (nSPS) is 14.2. The summed E-state index contributed by atoms with van der Waals surface area (Å²) in [6, 6.07) is 4.58. The summed E-state index contributed by atoms with van der Waals surface area (Å²) in [7, 11) is 0. The molecule has 0 fully saturated rings. The minimum atomic E-state index is -1.15. The van der Waals surface area contributed by atoms with Crippen molar-refractivity contribution in [1.82, 2.24) is 0 Å². The van der Waals surface area contributed by atoms with Crippen molar-refractivity contribution < 1.29 is 19.7 Å². The molecule has 1 rings (SSSR count). The molecule has 0 bridgehead atoms. The fourth-order valence-corrected chi connectivity index (χ4v) is 1.36. The molecule has 0 aliphatic rings. The monoisotopic (exact) mass is 244 g/mol. The number of aliphatic hydroxyl groups is 1. The molecule has 2 N–H and O–H groups in total. The maximum absolute atomic E-state index is 11.0. The molecule has 16 heavy (non-hydrogen) atoms. The summed E-state index contributed by atoms with van der Waals surface area (Å²) in [5.41, 5.74) is -0.0864. The van der Waals surface area contributed by atoms with Gasteiger partial charge in [-0.3, -0.25) is 0 Å². The summed E-state index contributed by atoms with van der Waals surface area (Å²) < 4.78 is 5.33. The molecule has 0 amide bonds. The van der Waals surface area contributed by atoms with Gasteiger partial charge in [0.25, 0.3) is 0 Å². The Bertz CT molecular complexity index is 390. The Morgan fingerprint density at radius 1 is 1.44 bits per heavy atom. The van der Waals surface area contributed by atoms with Crippen LogP contribution in [0.1, 0.15) is 24.2 Å². The molecule has 2 unspecified atom stereocenters. The van der Waals surface area contributed by atoms with Gasteiger partial charge in [0.15, 0.2) is 0 Å². The van der Waals surface area contributed by atoms with Crippen LogP contribution in [0.5, 0.6) is 5.75 Å². The van der Waals surface area contributed by atoms with E-state index in [2.05, 4.69) is 0 Å². The molecule has 0 aliphatic carbocycles. The van der Waals surface area contributed by atoms with Gasteiger partial charge in [0.2, 0.25) is 0 Å². The molecular weight excluding hydrogens is 232 g/mol. The molecule has 4 nitrogen and oxygen atoms in total. The van der Waals surface area contributed by atoms with E-state index in [-0.39, 0.29) is 16.3 Å². The smallest absolute Gasteiger partial charge is 0.341 e. The Balaban J connectivity index is 3.04. The molecule has 0 aliphatic heterocycles. The van der Waals surface area contributed by atoms with Crippen molar-refractivity contribution >= 4 is 17.6 Å². The highest BCUT2D eigenvalue weighted by Gasteiger charge is 2.18. The van der Waals surface area contributed by atoms with Gasteiger partial charge in [-0.2, -0.15) is 0 Å². The van der Waals surface area contributed by atoms with E-state index in [4.69, 9.17) is 21.4 Å². The van der Waals surface area contributed by atoms with Gasteiger partial charge in [-0.15, -0.1) is 0 Å². The second kappa shape index (κ2) is 5.18. The van der Waals surface area contributed by atoms with Crippen LogP contribution in [-0.4, -0.2) is 28.4 Å². The maximum atomic E-state index is 11.0. The van der Waals surface area contributed by atoms with Crippen LogP contribution in [0.25, 0.3) is 0 Å². The predicted molar refractivity (Wildman–Crippen MR) is 60.2 cm³/mol. The molecule has 0 saturated heterocycles. The summed E-state index contributed by atoms with van der Waals surface area (Å²) in [4.78, 5) is 11.0. The first-order valence-corrected chi connectivity index (χ1v) is 5.17. The summed E-state index contributed by atoms with van der Waals surface area (Å²) >= 11 is 5.76. The second-order valence-electron chi connectivity index (χ2n) is 3.48. The Morgan fingerprint density at radius 3 is 2.56 bits per heavy atom. The van der Waals surface area contributed by atoms with Crippen LogP contribution < -0.4 is 4.74 Å². The van der Waals surface area contributed by atoms with Gasteiger partial charge in [0, 0.05) is 0 Å². The van der Waals surface area contributed by atoms with Crippen LogP contribution >= 0.6 is 11.6 Å². The highest BCUT2D eigenvalue weighted by molar-refractivity contribution is 6.33. The average Bonchev–Trinajstić information content (AvgIpc) is 2.16. The molecule has 0 spiro atoms. The van der Waals surface area contributed by atoms with E-state index in [1.165, 1.54) is 12.1 Å². The Labute approximate surface area is 98.4 Å². The molecule has 1 aromatic rings. The summed E-state index contributed by atoms with van der Waals surface area (Å²) in [5.74, 6) is -0.994. The van der Waals surface area contributed by atoms with E-state index in [9.17, 15) is 9.90 Å². The van der Waals surface area contributed by atoms with Gasteiger partial charge in [-0.1, -0.05) is 17.7 Å². The van der Waals surface area contributed by atoms with Gasteiger partial charge in [-0.05, 0) is 26.0 Å². The second-order valence-corrected chi connectivity index (χ2v) is 3.89. The van der Waals surface area contributed by atoms with Crippen molar-refractivity contribution in [2.45, 2.75) is 26.1 Å². The number of carboxylic acids is 1. The van der Waals surface area contributed by atoms with E-state index < -0.39 is 18.2 Å². The molecule has 88 valence electrons. The first kappa shape index (κ1) is 12.8. The zero-order valence-corrected chi connectivity index (χ0v) is 9.73. The molecule has 0 aromatic heterocycles. The standard InChI is InChI=1S/C11H13ClO4/c1-6(13)7(2)16-9-5-3-4-8(12)10(9)11(14)15/h3-7,13H,1-2H3,(H,14,15). The summed E-state index contributed by atoms with van der Waals surface area (Å²) in [5, 5.41) is 18.4. The quantitative estimate of drug-likeness (QED) is 0.852. The third-order valence-electron chi connectivity index (χ3n) is 2.18. The van der Waals surface area contributed by atoms with Crippen molar-refractivity contribution in [3.8, 4) is 5.75 Å². The third kappa shape index (κ3) is 2.87. The first-order chi connectivity index (χ1) is 7.43. The fraction of sp³-hybridized carbons (Fsp3) is 0.364. The van der Waals surface area contributed by atoms with Crippen molar-refractivity contribution in [2.24, 2.45) is 0 Å². The van der Waals surface area contributed by atoms with Crippen molar-refractivity contribution in [3.63, 3.8) is 0 Å². The van der Waals surface area contributed by atoms with E-state index in [1.54, 1.807) is 19.9 Å². The lowest BCUT2D eigenvalue weighted by Crippen LogP contribution is -2.26. The predicted octanol–water partition coefficient (Wildman–Crippen LogP) is 2.19. The first-order valence-electron chi connectivity index (χ1n) is 4.80. The molecule has 0 saturated carbocycles. The lowest BCUT2D eigenvalue weighted by Gasteiger charge is -2.18. The van der Waals surface area contributed by atoms with Crippen LogP contribution in [0.2, 0.25) is 5.02 Å². The molecule has 1 aromatic carbocycles. The lowest BCUT2D eigenvalue weighted by atomic mass is 10.2. The highest BCUT2D eigenvalue weighted by Crippen LogP contribution is 2.27. The molecule has 0 heterocycles. The Morgan fingerprint density at radius 2 is 2.06 bits per heavy atom. The van der Waals surface area contributed by atoms with Crippen LogP contribution in [0.4, 0.5) is 0 Å². The fourth-order valence-electron chi connectivity index (χ4n) is 1.11. The van der Waals surface area contributed by atoms with Gasteiger partial charge in [-0.25, -0.2) is 4.79 Å². The van der Waals surface area contributed by atoms with Crippen LogP contribution in [0.3, 0.4) is 0 Å². The largest absolute Gasteiger partial charge is 0.487 e. The lowest BCUT2D eigenvalue weighted by molar-refractivity contribution is 0.0560. The number of rotatable bonds is 4. The van der Waals surface area contributed by atoms with Crippen molar-refractivity contribution in [1.29, 1.82) is 0 Å². The molecule has 5 heteroatoms. The zero-order chi connectivity index (χ0) is 12.3. The maximum Gasteiger partial charge on any atom is 0.341 e. The number of benzene rings is 1. The van der Waals surface area contributed by atoms with Crippen LogP contribution in [-0.2, 0) is 0 Å². The third-order valence-corrected chi connectivity index (χ3v) is 2.50. The number of hydrogen-bond donors (Lipinski definition) is 2. The van der Waals surface area contributed by atoms with E-state index >= 15 is 0 Å². The Hall–Kier alpha value is -1.26. The van der Waals surface area contributed by atoms with Crippen molar-refractivity contribution in [2.75, 3.05) is 0 Å². The highest BCUT2D eigenvalue weighted by atomic mass is 35.5. The number of halogens is 1. The Kier molecular flexibility index (Phi) is 4.15. The number of aromatic carboxylic acids is 1. The summed E-state index contributed by atoms with van der Waals surface area (Å²) in [6.07, 6.45) is -1.20. The van der Waals surface area contributed by atoms with E-state index in [1.807, 2.05) is 0 Å². The zero-order valence-electron chi connectivity index (χ0n) is 8.98. The van der Waals surface area contributed by atoms with Crippen LogP contribution in [0, 0.1) is 0 Å². The van der Waals surface area contributed by atoms with Gasteiger partial charge in [0.05, 0.1) is 11.1 Å². The molecular formula is C11H13ClO4. The molecule has 2 atom stereocenters. The van der Waals surface area contributed by atoms with Gasteiger partial charge < -0.3 is 14.9 Å². The van der Waals surface area contributed by atoms with Gasteiger partial charge in [0.1, 0.15) is 17.4 Å². The number of aliphatic hydroxyl groups excluding tert-OH is 1. The number of hydrogen-bond acceptors (Lipinski definition) is 3. The topological polar surface area (TPSA) is 66.8 Å². The van der Waals surface area contributed by atoms with Crippen LogP contribution in [0.15, 0.2) is 18.2 Å². The minimum absolute atomic E-state index is 0.0864. The SMILES string of the molecule is CC(O)C(C)Oc1cccc(Cl)c1C(=O)O. The number of ether oxygens (including phenoxy) is 1. The van der Waals surface area contributed by atoms with Crippen molar-refractivity contribution in [3.05, 3.63) is 28.8 Å². The van der Waals surface area contributed by atoms with Gasteiger partial charge >= 0.3 is 5.97 Å². The van der Waals surface area contributed by atoms with E-state index in [0.29, 0.717) is 0 Å².